The number of nitrogens with zero attached hydrogens (tertiary/aromatic N) is 2. The molecule has 3 heteroatoms. The van der Waals surface area contributed by atoms with Crippen LogP contribution in [0.4, 0.5) is 0 Å². The number of rotatable bonds is 2. The Hall–Kier alpha value is -0.830. The molecule has 1 atom stereocenters. The first kappa shape index (κ1) is 8.48. The third-order valence-corrected chi connectivity index (χ3v) is 3.31. The van der Waals surface area contributed by atoms with E-state index in [0.717, 1.165) is 12.6 Å². The van der Waals surface area contributed by atoms with E-state index >= 15 is 0 Å². The maximum atomic E-state index is 4.40. The maximum absolute atomic E-state index is 4.40. The number of aryl methyl sites for hydroxylation is 2. The van der Waals surface area contributed by atoms with E-state index in [0.29, 0.717) is 6.04 Å². The van der Waals surface area contributed by atoms with Gasteiger partial charge < -0.3 is 9.88 Å². The topological polar surface area (TPSA) is 29.9 Å². The van der Waals surface area contributed by atoms with E-state index in [1.807, 2.05) is 6.33 Å². The predicted octanol–water partition coefficient (Wildman–Crippen LogP) is 1.78. The van der Waals surface area contributed by atoms with Crippen LogP contribution in [-0.2, 0) is 6.54 Å². The Morgan fingerprint density at radius 1 is 1.43 bits per heavy atom. The lowest BCUT2D eigenvalue weighted by molar-refractivity contribution is 0.392. The summed E-state index contributed by atoms with van der Waals surface area (Å²) in [7, 11) is 0. The second kappa shape index (κ2) is 3.09. The van der Waals surface area contributed by atoms with Gasteiger partial charge in [0, 0.05) is 18.6 Å². The highest BCUT2D eigenvalue weighted by Gasteiger charge is 2.29. The number of aromatic nitrogens is 2. The van der Waals surface area contributed by atoms with Gasteiger partial charge in [-0.2, -0.15) is 0 Å². The molecule has 1 fully saturated rings. The van der Waals surface area contributed by atoms with Crippen molar-refractivity contribution in [3.8, 4) is 0 Å². The zero-order valence-electron chi connectivity index (χ0n) is 8.66. The normalized spacial score (nSPS) is 26.2. The number of imidazole rings is 1. The van der Waals surface area contributed by atoms with Gasteiger partial charge in [-0.25, -0.2) is 4.98 Å². The lowest BCUT2D eigenvalue weighted by Gasteiger charge is -2.26. The van der Waals surface area contributed by atoms with Crippen LogP contribution in [0.5, 0.6) is 0 Å². The molecule has 1 unspecified atom stereocenters. The monoisotopic (exact) mass is 191 g/mol. The Morgan fingerprint density at radius 3 is 3.07 bits per heavy atom. The first-order chi connectivity index (χ1) is 6.84. The highest BCUT2D eigenvalue weighted by Crippen LogP contribution is 2.31. The van der Waals surface area contributed by atoms with Crippen molar-refractivity contribution in [2.75, 3.05) is 0 Å². The van der Waals surface area contributed by atoms with E-state index in [9.17, 15) is 0 Å². The molecule has 1 saturated carbocycles. The van der Waals surface area contributed by atoms with E-state index in [4.69, 9.17) is 0 Å². The Kier molecular flexibility index (Phi) is 1.87. The number of hydrogen-bond donors (Lipinski definition) is 1. The molecule has 0 bridgehead atoms. The van der Waals surface area contributed by atoms with Crippen LogP contribution >= 0.6 is 0 Å². The molecule has 3 rings (SSSR count). The van der Waals surface area contributed by atoms with Crippen molar-refractivity contribution in [1.29, 1.82) is 0 Å². The highest BCUT2D eigenvalue weighted by atomic mass is 15.1. The Bertz CT molecular complexity index is 338. The summed E-state index contributed by atoms with van der Waals surface area (Å²) in [4.78, 5) is 4.40. The number of fused-ring (bicyclic) bond motifs is 1. The van der Waals surface area contributed by atoms with Gasteiger partial charge in [-0.05, 0) is 32.6 Å². The lowest BCUT2D eigenvalue weighted by atomic mass is 10.0. The van der Waals surface area contributed by atoms with Crippen molar-refractivity contribution in [2.45, 2.75) is 51.2 Å². The fourth-order valence-electron chi connectivity index (χ4n) is 2.42. The Labute approximate surface area is 84.5 Å². The average molecular weight is 191 g/mol. The van der Waals surface area contributed by atoms with Crippen LogP contribution in [0, 0.1) is 6.92 Å². The summed E-state index contributed by atoms with van der Waals surface area (Å²) in [6.45, 7) is 3.28. The van der Waals surface area contributed by atoms with E-state index in [2.05, 4.69) is 21.8 Å². The summed E-state index contributed by atoms with van der Waals surface area (Å²) in [6.07, 6.45) is 7.29. The van der Waals surface area contributed by atoms with Crippen LogP contribution in [0.1, 0.15) is 43.1 Å². The zero-order valence-corrected chi connectivity index (χ0v) is 8.66. The molecule has 0 radical (unpaired) electrons. The fourth-order valence-corrected chi connectivity index (χ4v) is 2.42. The molecule has 1 aromatic rings. The summed E-state index contributed by atoms with van der Waals surface area (Å²) in [5.74, 6) is 0. The van der Waals surface area contributed by atoms with Crippen molar-refractivity contribution < 1.29 is 0 Å². The third-order valence-electron chi connectivity index (χ3n) is 3.31. The van der Waals surface area contributed by atoms with Gasteiger partial charge >= 0.3 is 0 Å². The van der Waals surface area contributed by atoms with Crippen LogP contribution in [0.15, 0.2) is 6.33 Å². The first-order valence-electron chi connectivity index (χ1n) is 5.62. The van der Waals surface area contributed by atoms with Crippen molar-refractivity contribution in [3.63, 3.8) is 0 Å². The molecule has 2 heterocycles. The molecule has 1 aliphatic carbocycles. The molecule has 2 aliphatic rings. The maximum Gasteiger partial charge on any atom is 0.0951 e. The summed E-state index contributed by atoms with van der Waals surface area (Å²) >= 11 is 0. The molecule has 76 valence electrons. The van der Waals surface area contributed by atoms with Gasteiger partial charge in [0.1, 0.15) is 0 Å². The first-order valence-corrected chi connectivity index (χ1v) is 5.62. The average Bonchev–Trinajstić information content (AvgIpc) is 2.91. The van der Waals surface area contributed by atoms with Crippen LogP contribution in [0.3, 0.4) is 0 Å². The number of nitrogens with one attached hydrogen (secondary N) is 1. The second-order valence-corrected chi connectivity index (χ2v) is 4.54. The molecule has 1 aliphatic heterocycles. The van der Waals surface area contributed by atoms with Gasteiger partial charge in [-0.3, -0.25) is 0 Å². The smallest absolute Gasteiger partial charge is 0.0951 e. The van der Waals surface area contributed by atoms with Crippen molar-refractivity contribution in [1.82, 2.24) is 14.9 Å². The Morgan fingerprint density at radius 2 is 2.29 bits per heavy atom. The van der Waals surface area contributed by atoms with Gasteiger partial charge in [0.2, 0.25) is 0 Å². The molecule has 0 amide bonds. The third kappa shape index (κ3) is 1.36. The largest absolute Gasteiger partial charge is 0.333 e. The van der Waals surface area contributed by atoms with Gasteiger partial charge in [0.05, 0.1) is 17.7 Å². The quantitative estimate of drug-likeness (QED) is 0.772. The van der Waals surface area contributed by atoms with Crippen molar-refractivity contribution in [2.24, 2.45) is 0 Å². The van der Waals surface area contributed by atoms with E-state index in [1.54, 1.807) is 0 Å². The van der Waals surface area contributed by atoms with Crippen LogP contribution < -0.4 is 5.32 Å². The van der Waals surface area contributed by atoms with Crippen molar-refractivity contribution >= 4 is 0 Å². The fraction of sp³-hybridized carbons (Fsp3) is 0.727. The van der Waals surface area contributed by atoms with Gasteiger partial charge in [0.25, 0.3) is 0 Å². The van der Waals surface area contributed by atoms with Gasteiger partial charge in [-0.1, -0.05) is 0 Å². The van der Waals surface area contributed by atoms with Gasteiger partial charge in [0.15, 0.2) is 0 Å². The summed E-state index contributed by atoms with van der Waals surface area (Å²) in [6, 6.07) is 1.36. The molecule has 0 spiro atoms. The van der Waals surface area contributed by atoms with E-state index in [1.165, 1.54) is 37.1 Å². The van der Waals surface area contributed by atoms with E-state index < -0.39 is 0 Å². The molecule has 14 heavy (non-hydrogen) atoms. The summed E-state index contributed by atoms with van der Waals surface area (Å²) in [5.41, 5.74) is 2.64. The summed E-state index contributed by atoms with van der Waals surface area (Å²) < 4.78 is 2.32. The molecular weight excluding hydrogens is 174 g/mol. The second-order valence-electron chi connectivity index (χ2n) is 4.54. The molecule has 1 aromatic heterocycles. The SMILES string of the molecule is Cc1ncn2c1C(NC1CC1)CCC2. The molecule has 3 nitrogen and oxygen atoms in total. The molecular formula is C11H17N3. The predicted molar refractivity (Wildman–Crippen MR) is 55.1 cm³/mol. The minimum absolute atomic E-state index is 0.568. The van der Waals surface area contributed by atoms with Crippen LogP contribution in [-0.4, -0.2) is 15.6 Å². The van der Waals surface area contributed by atoms with Crippen LogP contribution in [0.25, 0.3) is 0 Å². The molecule has 0 aromatic carbocycles. The standard InChI is InChI=1S/C11H17N3/c1-8-11-10(13-9-4-5-9)3-2-6-14(11)7-12-8/h7,9-10,13H,2-6H2,1H3. The highest BCUT2D eigenvalue weighted by molar-refractivity contribution is 5.18. The minimum Gasteiger partial charge on any atom is -0.333 e. The summed E-state index contributed by atoms with van der Waals surface area (Å²) in [5, 5.41) is 3.72. The Balaban J connectivity index is 1.88. The number of hydrogen-bond acceptors (Lipinski definition) is 2. The van der Waals surface area contributed by atoms with Crippen molar-refractivity contribution in [3.05, 3.63) is 17.7 Å². The zero-order chi connectivity index (χ0) is 9.54. The lowest BCUT2D eigenvalue weighted by Crippen LogP contribution is -2.29. The van der Waals surface area contributed by atoms with E-state index in [-0.39, 0.29) is 0 Å². The van der Waals surface area contributed by atoms with Gasteiger partial charge in [-0.15, -0.1) is 0 Å². The molecule has 1 N–H and O–H groups in total. The minimum atomic E-state index is 0.568. The van der Waals surface area contributed by atoms with Crippen LogP contribution in [0.2, 0.25) is 0 Å². The molecule has 0 saturated heterocycles.